The van der Waals surface area contributed by atoms with Crippen LogP contribution in [-0.4, -0.2) is 11.6 Å². The van der Waals surface area contributed by atoms with Crippen molar-refractivity contribution in [1.29, 1.82) is 5.26 Å². The average Bonchev–Trinajstić information content (AvgIpc) is 2.42. The molecular weight excluding hydrogens is 262 g/mol. The van der Waals surface area contributed by atoms with Gasteiger partial charge in [0.2, 0.25) is 0 Å². The first-order chi connectivity index (χ1) is 9.90. The van der Waals surface area contributed by atoms with Gasteiger partial charge in [-0.2, -0.15) is 5.26 Å². The molecule has 0 spiro atoms. The predicted octanol–water partition coefficient (Wildman–Crippen LogP) is 4.09. The Kier molecular flexibility index (Phi) is 4.09. The Morgan fingerprint density at radius 2 is 1.81 bits per heavy atom. The van der Waals surface area contributed by atoms with E-state index in [1.807, 2.05) is 48.5 Å². The zero-order chi connectivity index (χ0) is 15.5. The fourth-order valence-corrected chi connectivity index (χ4v) is 2.00. The second-order valence-electron chi connectivity index (χ2n) is 5.74. The van der Waals surface area contributed by atoms with E-state index in [-0.39, 0.29) is 5.57 Å². The molecule has 0 saturated carbocycles. The van der Waals surface area contributed by atoms with Crippen LogP contribution in [0.5, 0.6) is 0 Å². The van der Waals surface area contributed by atoms with Crippen molar-refractivity contribution in [2.45, 2.75) is 26.4 Å². The predicted molar refractivity (Wildman–Crippen MR) is 83.4 cm³/mol. The number of rotatable bonds is 2. The van der Waals surface area contributed by atoms with E-state index < -0.39 is 11.6 Å². The van der Waals surface area contributed by atoms with Gasteiger partial charge in [-0.05, 0) is 43.2 Å². The molecule has 0 unspecified atom stereocenters. The average molecular weight is 279 g/mol. The summed E-state index contributed by atoms with van der Waals surface area (Å²) in [5, 5.41) is 11.3. The number of hydrogen-bond acceptors (Lipinski definition) is 3. The Morgan fingerprint density at radius 1 is 1.14 bits per heavy atom. The number of ether oxygens (including phenoxy) is 1. The topological polar surface area (TPSA) is 50.1 Å². The van der Waals surface area contributed by atoms with Crippen molar-refractivity contribution in [1.82, 2.24) is 0 Å². The summed E-state index contributed by atoms with van der Waals surface area (Å²) in [6.07, 6.45) is 1.58. The molecule has 0 radical (unpaired) electrons. The summed E-state index contributed by atoms with van der Waals surface area (Å²) in [4.78, 5) is 12.0. The lowest BCUT2D eigenvalue weighted by Gasteiger charge is -2.19. The van der Waals surface area contributed by atoms with Crippen molar-refractivity contribution in [3.05, 3.63) is 53.6 Å². The number of carbonyl (C=O) groups is 1. The van der Waals surface area contributed by atoms with Gasteiger partial charge in [-0.3, -0.25) is 0 Å². The fourth-order valence-electron chi connectivity index (χ4n) is 2.00. The van der Waals surface area contributed by atoms with Crippen LogP contribution in [0.15, 0.2) is 48.0 Å². The van der Waals surface area contributed by atoms with E-state index in [0.717, 1.165) is 16.3 Å². The molecule has 0 atom stereocenters. The van der Waals surface area contributed by atoms with E-state index in [1.165, 1.54) is 0 Å². The molecule has 0 heterocycles. The lowest BCUT2D eigenvalue weighted by molar-refractivity contribution is -0.149. The molecule has 0 amide bonds. The van der Waals surface area contributed by atoms with Gasteiger partial charge in [0.05, 0.1) is 0 Å². The normalized spacial score (nSPS) is 12.0. The fraction of sp³-hybridized carbons (Fsp3) is 0.222. The first kappa shape index (κ1) is 14.8. The second-order valence-corrected chi connectivity index (χ2v) is 5.74. The van der Waals surface area contributed by atoms with Gasteiger partial charge in [0.25, 0.3) is 0 Å². The van der Waals surface area contributed by atoms with Gasteiger partial charge in [-0.1, -0.05) is 42.5 Å². The van der Waals surface area contributed by atoms with E-state index in [2.05, 4.69) is 0 Å². The van der Waals surface area contributed by atoms with Crippen LogP contribution in [0.2, 0.25) is 0 Å². The minimum Gasteiger partial charge on any atom is -0.456 e. The van der Waals surface area contributed by atoms with Gasteiger partial charge in [0.1, 0.15) is 17.2 Å². The monoisotopic (exact) mass is 279 g/mol. The summed E-state index contributed by atoms with van der Waals surface area (Å²) in [6, 6.07) is 15.5. The van der Waals surface area contributed by atoms with Gasteiger partial charge < -0.3 is 4.74 Å². The highest BCUT2D eigenvalue weighted by Gasteiger charge is 2.19. The maximum absolute atomic E-state index is 12.0. The number of carbonyl (C=O) groups excluding carboxylic acids is 1. The summed E-state index contributed by atoms with van der Waals surface area (Å²) >= 11 is 0. The molecule has 0 aliphatic rings. The molecule has 0 aliphatic carbocycles. The van der Waals surface area contributed by atoms with E-state index in [9.17, 15) is 10.1 Å². The Morgan fingerprint density at radius 3 is 2.48 bits per heavy atom. The molecule has 2 aromatic carbocycles. The van der Waals surface area contributed by atoms with Crippen molar-refractivity contribution >= 4 is 22.8 Å². The van der Waals surface area contributed by atoms with E-state index in [0.29, 0.717) is 0 Å². The SMILES string of the molecule is CC(C)(C)OC(=O)/C(C#N)=C\c1cccc2ccccc12. The lowest BCUT2D eigenvalue weighted by Crippen LogP contribution is -2.24. The molecular formula is C18H17NO2. The molecule has 0 bridgehead atoms. The summed E-state index contributed by atoms with van der Waals surface area (Å²) in [5.74, 6) is -0.599. The lowest BCUT2D eigenvalue weighted by atomic mass is 10.0. The molecule has 0 fully saturated rings. The van der Waals surface area contributed by atoms with Gasteiger partial charge in [0.15, 0.2) is 0 Å². The highest BCUT2D eigenvalue weighted by Crippen LogP contribution is 2.21. The standard InChI is InChI=1S/C18H17NO2/c1-18(2,3)21-17(20)15(12-19)11-14-9-6-8-13-7-4-5-10-16(13)14/h4-11H,1-3H3/b15-11-. The Balaban J connectivity index is 2.44. The van der Waals surface area contributed by atoms with Crippen LogP contribution in [0, 0.1) is 11.3 Å². The Bertz CT molecular complexity index is 740. The minimum atomic E-state index is -0.619. The van der Waals surface area contributed by atoms with Crippen LogP contribution in [0.25, 0.3) is 16.8 Å². The third kappa shape index (κ3) is 3.70. The summed E-state index contributed by atoms with van der Waals surface area (Å²) in [6.45, 7) is 5.33. The van der Waals surface area contributed by atoms with E-state index in [4.69, 9.17) is 4.74 Å². The number of nitrogens with zero attached hydrogens (tertiary/aromatic N) is 1. The smallest absolute Gasteiger partial charge is 0.349 e. The van der Waals surface area contributed by atoms with Crippen LogP contribution in [-0.2, 0) is 9.53 Å². The third-order valence-electron chi connectivity index (χ3n) is 2.86. The van der Waals surface area contributed by atoms with E-state index in [1.54, 1.807) is 26.8 Å². The summed E-state index contributed by atoms with van der Waals surface area (Å²) < 4.78 is 5.25. The van der Waals surface area contributed by atoms with Crippen LogP contribution in [0.3, 0.4) is 0 Å². The maximum atomic E-state index is 12.0. The van der Waals surface area contributed by atoms with Crippen molar-refractivity contribution in [2.24, 2.45) is 0 Å². The zero-order valence-electron chi connectivity index (χ0n) is 12.4. The first-order valence-corrected chi connectivity index (χ1v) is 6.73. The number of benzene rings is 2. The van der Waals surface area contributed by atoms with Gasteiger partial charge >= 0.3 is 5.97 Å². The quantitative estimate of drug-likeness (QED) is 0.472. The number of fused-ring (bicyclic) bond motifs is 1. The van der Waals surface area contributed by atoms with Crippen molar-refractivity contribution < 1.29 is 9.53 Å². The summed E-state index contributed by atoms with van der Waals surface area (Å²) in [7, 11) is 0. The molecule has 106 valence electrons. The van der Waals surface area contributed by atoms with Gasteiger partial charge in [-0.25, -0.2) is 4.79 Å². The number of esters is 1. The number of nitriles is 1. The molecule has 0 aromatic heterocycles. The molecule has 0 N–H and O–H groups in total. The molecule has 2 rings (SSSR count). The van der Waals surface area contributed by atoms with Gasteiger partial charge in [-0.15, -0.1) is 0 Å². The number of hydrogen-bond donors (Lipinski definition) is 0. The molecule has 3 nitrogen and oxygen atoms in total. The molecule has 2 aromatic rings. The highest BCUT2D eigenvalue weighted by atomic mass is 16.6. The van der Waals surface area contributed by atoms with Crippen molar-refractivity contribution in [2.75, 3.05) is 0 Å². The third-order valence-corrected chi connectivity index (χ3v) is 2.86. The van der Waals surface area contributed by atoms with Crippen LogP contribution < -0.4 is 0 Å². The van der Waals surface area contributed by atoms with Crippen molar-refractivity contribution in [3.63, 3.8) is 0 Å². The summed E-state index contributed by atoms with van der Waals surface area (Å²) in [5.41, 5.74) is 0.211. The van der Waals surface area contributed by atoms with Crippen LogP contribution in [0.1, 0.15) is 26.3 Å². The van der Waals surface area contributed by atoms with Crippen molar-refractivity contribution in [3.8, 4) is 6.07 Å². The molecule has 21 heavy (non-hydrogen) atoms. The zero-order valence-corrected chi connectivity index (χ0v) is 12.4. The largest absolute Gasteiger partial charge is 0.456 e. The first-order valence-electron chi connectivity index (χ1n) is 6.73. The van der Waals surface area contributed by atoms with Gasteiger partial charge in [0, 0.05) is 0 Å². The van der Waals surface area contributed by atoms with Crippen LogP contribution >= 0.6 is 0 Å². The highest BCUT2D eigenvalue weighted by molar-refractivity contribution is 6.01. The second kappa shape index (κ2) is 5.80. The molecule has 3 heteroatoms. The Hall–Kier alpha value is -2.60. The minimum absolute atomic E-state index is 0.00118. The Labute approximate surface area is 124 Å². The van der Waals surface area contributed by atoms with E-state index >= 15 is 0 Å². The molecule has 0 aliphatic heterocycles. The molecule has 0 saturated heterocycles. The maximum Gasteiger partial charge on any atom is 0.349 e. The van der Waals surface area contributed by atoms with Crippen LogP contribution in [0.4, 0.5) is 0 Å².